The molecule has 0 radical (unpaired) electrons. The molecule has 1 aliphatic rings. The van der Waals surface area contributed by atoms with Crippen LogP contribution in [0.5, 0.6) is 5.75 Å². The zero-order chi connectivity index (χ0) is 14.3. The molecular formula is C15H10ClNO3. The third kappa shape index (κ3) is 1.94. The van der Waals surface area contributed by atoms with Crippen LogP contribution in [0.4, 0.5) is 11.4 Å². The monoisotopic (exact) mass is 287 g/mol. The molecule has 5 heteroatoms. The molecule has 2 aromatic carbocycles. The Morgan fingerprint density at radius 1 is 1.15 bits per heavy atom. The Labute approximate surface area is 120 Å². The Kier molecular flexibility index (Phi) is 2.95. The minimum atomic E-state index is -0.493. The summed E-state index contributed by atoms with van der Waals surface area (Å²) < 4.78 is 5.33. The molecule has 1 heterocycles. The molecule has 1 aliphatic heterocycles. The molecule has 2 aromatic rings. The Bertz CT molecular complexity index is 727. The fourth-order valence-electron chi connectivity index (χ4n) is 2.22. The van der Waals surface area contributed by atoms with Gasteiger partial charge in [-0.15, -0.1) is 0 Å². The summed E-state index contributed by atoms with van der Waals surface area (Å²) in [6.45, 7) is 1.43. The van der Waals surface area contributed by atoms with E-state index in [1.807, 2.05) is 0 Å². The molecule has 0 aliphatic carbocycles. The Morgan fingerprint density at radius 3 is 2.65 bits per heavy atom. The molecule has 4 nitrogen and oxygen atoms in total. The number of carbonyl (C=O) groups excluding carboxylic acids is 2. The van der Waals surface area contributed by atoms with Gasteiger partial charge in [0.15, 0.2) is 5.75 Å². The summed E-state index contributed by atoms with van der Waals surface area (Å²) in [4.78, 5) is 25.6. The Balaban J connectivity index is 2.32. The van der Waals surface area contributed by atoms with Crippen LogP contribution in [0.15, 0.2) is 42.5 Å². The summed E-state index contributed by atoms with van der Waals surface area (Å²) in [5, 5.41) is 0.463. The van der Waals surface area contributed by atoms with Gasteiger partial charge in [0.05, 0.1) is 16.9 Å². The zero-order valence-electron chi connectivity index (χ0n) is 10.6. The van der Waals surface area contributed by atoms with Gasteiger partial charge in [-0.1, -0.05) is 23.7 Å². The number of amides is 1. The normalized spacial score (nSPS) is 13.1. The number of ether oxygens (including phenoxy) is 1. The molecule has 20 heavy (non-hydrogen) atoms. The van der Waals surface area contributed by atoms with Crippen LogP contribution in [0.1, 0.15) is 17.3 Å². The van der Waals surface area contributed by atoms with Crippen molar-refractivity contribution in [1.82, 2.24) is 0 Å². The van der Waals surface area contributed by atoms with Crippen molar-refractivity contribution in [2.24, 2.45) is 0 Å². The van der Waals surface area contributed by atoms with Gasteiger partial charge in [-0.3, -0.25) is 9.69 Å². The van der Waals surface area contributed by atoms with Crippen molar-refractivity contribution in [2.75, 3.05) is 4.90 Å². The molecule has 1 amide bonds. The summed E-state index contributed by atoms with van der Waals surface area (Å²) in [6, 6.07) is 11.6. The predicted molar refractivity (Wildman–Crippen MR) is 75.7 cm³/mol. The second kappa shape index (κ2) is 4.65. The summed E-state index contributed by atoms with van der Waals surface area (Å²) in [5.74, 6) is -0.405. The van der Waals surface area contributed by atoms with E-state index in [1.165, 1.54) is 11.8 Å². The maximum Gasteiger partial charge on any atom is 0.345 e. The van der Waals surface area contributed by atoms with E-state index in [0.717, 1.165) is 0 Å². The van der Waals surface area contributed by atoms with Crippen molar-refractivity contribution in [3.05, 3.63) is 53.1 Å². The largest absolute Gasteiger partial charge is 0.421 e. The van der Waals surface area contributed by atoms with Crippen LogP contribution in [-0.4, -0.2) is 11.9 Å². The van der Waals surface area contributed by atoms with Crippen LogP contribution in [0.25, 0.3) is 0 Å². The number of esters is 1. The number of nitrogens with zero attached hydrogens (tertiary/aromatic N) is 1. The zero-order valence-corrected chi connectivity index (χ0v) is 11.3. The molecule has 0 unspecified atom stereocenters. The molecule has 0 fully saturated rings. The van der Waals surface area contributed by atoms with Crippen LogP contribution in [0, 0.1) is 0 Å². The van der Waals surface area contributed by atoms with Crippen molar-refractivity contribution in [3.8, 4) is 5.75 Å². The fraction of sp³-hybridized carbons (Fsp3) is 0.0667. The van der Waals surface area contributed by atoms with E-state index in [9.17, 15) is 9.59 Å². The van der Waals surface area contributed by atoms with Crippen molar-refractivity contribution in [3.63, 3.8) is 0 Å². The van der Waals surface area contributed by atoms with E-state index < -0.39 is 5.97 Å². The van der Waals surface area contributed by atoms with Gasteiger partial charge in [-0.2, -0.15) is 0 Å². The van der Waals surface area contributed by atoms with Crippen LogP contribution >= 0.6 is 11.6 Å². The lowest BCUT2D eigenvalue weighted by Gasteiger charge is -2.21. The van der Waals surface area contributed by atoms with Gasteiger partial charge in [-0.05, 0) is 30.3 Å². The lowest BCUT2D eigenvalue weighted by Crippen LogP contribution is -2.23. The third-order valence-electron chi connectivity index (χ3n) is 3.04. The molecule has 0 bridgehead atoms. The molecule has 3 rings (SSSR count). The highest BCUT2D eigenvalue weighted by Crippen LogP contribution is 2.40. The SMILES string of the molecule is CC(=O)N1c2cc(Cl)ccc2OC(=O)c2ccccc21. The molecule has 0 saturated carbocycles. The van der Waals surface area contributed by atoms with Crippen molar-refractivity contribution >= 4 is 34.9 Å². The number of para-hydroxylation sites is 1. The molecule has 0 spiro atoms. The number of anilines is 2. The van der Waals surface area contributed by atoms with Gasteiger partial charge in [0.2, 0.25) is 5.91 Å². The van der Waals surface area contributed by atoms with Crippen LogP contribution in [0.3, 0.4) is 0 Å². The van der Waals surface area contributed by atoms with Crippen LogP contribution in [0.2, 0.25) is 5.02 Å². The average molecular weight is 288 g/mol. The first-order valence-corrected chi connectivity index (χ1v) is 6.37. The maximum atomic E-state index is 12.1. The predicted octanol–water partition coefficient (Wildman–Crippen LogP) is 3.56. The quantitative estimate of drug-likeness (QED) is 0.550. The van der Waals surface area contributed by atoms with Crippen LogP contribution in [-0.2, 0) is 4.79 Å². The van der Waals surface area contributed by atoms with E-state index in [0.29, 0.717) is 27.7 Å². The van der Waals surface area contributed by atoms with E-state index in [2.05, 4.69) is 0 Å². The molecule has 0 aromatic heterocycles. The fourth-order valence-corrected chi connectivity index (χ4v) is 2.38. The Hall–Kier alpha value is -2.33. The average Bonchev–Trinajstić information content (AvgIpc) is 2.53. The maximum absolute atomic E-state index is 12.1. The summed E-state index contributed by atoms with van der Waals surface area (Å²) in [6.07, 6.45) is 0. The van der Waals surface area contributed by atoms with Gasteiger partial charge in [0.25, 0.3) is 0 Å². The van der Waals surface area contributed by atoms with E-state index in [1.54, 1.807) is 42.5 Å². The standard InChI is InChI=1S/C15H10ClNO3/c1-9(18)17-12-5-3-2-4-11(12)15(19)20-14-7-6-10(16)8-13(14)17/h2-8H,1H3. The van der Waals surface area contributed by atoms with Gasteiger partial charge in [-0.25, -0.2) is 4.79 Å². The van der Waals surface area contributed by atoms with Gasteiger partial charge in [0.1, 0.15) is 0 Å². The van der Waals surface area contributed by atoms with Crippen molar-refractivity contribution in [1.29, 1.82) is 0 Å². The summed E-state index contributed by atoms with van der Waals surface area (Å²) in [5.41, 5.74) is 1.30. The van der Waals surface area contributed by atoms with Crippen molar-refractivity contribution < 1.29 is 14.3 Å². The Morgan fingerprint density at radius 2 is 1.90 bits per heavy atom. The minimum absolute atomic E-state index is 0.223. The van der Waals surface area contributed by atoms with E-state index in [-0.39, 0.29) is 5.91 Å². The number of fused-ring (bicyclic) bond motifs is 2. The summed E-state index contributed by atoms with van der Waals surface area (Å²) >= 11 is 5.98. The summed E-state index contributed by atoms with van der Waals surface area (Å²) in [7, 11) is 0. The van der Waals surface area contributed by atoms with Gasteiger partial charge < -0.3 is 4.74 Å². The molecular weight excluding hydrogens is 278 g/mol. The first kappa shape index (κ1) is 12.7. The highest BCUT2D eigenvalue weighted by molar-refractivity contribution is 6.31. The van der Waals surface area contributed by atoms with E-state index >= 15 is 0 Å². The first-order valence-electron chi connectivity index (χ1n) is 5.99. The highest BCUT2D eigenvalue weighted by Gasteiger charge is 2.29. The topological polar surface area (TPSA) is 46.6 Å². The van der Waals surface area contributed by atoms with Gasteiger partial charge >= 0.3 is 5.97 Å². The molecule has 0 saturated heterocycles. The smallest absolute Gasteiger partial charge is 0.345 e. The molecule has 0 atom stereocenters. The second-order valence-corrected chi connectivity index (χ2v) is 4.81. The number of halogens is 1. The molecule has 100 valence electrons. The minimum Gasteiger partial charge on any atom is -0.421 e. The number of hydrogen-bond acceptors (Lipinski definition) is 3. The lowest BCUT2D eigenvalue weighted by molar-refractivity contribution is -0.115. The number of rotatable bonds is 0. The second-order valence-electron chi connectivity index (χ2n) is 4.37. The first-order chi connectivity index (χ1) is 9.58. The highest BCUT2D eigenvalue weighted by atomic mass is 35.5. The van der Waals surface area contributed by atoms with Crippen molar-refractivity contribution in [2.45, 2.75) is 6.92 Å². The molecule has 0 N–H and O–H groups in total. The number of hydrogen-bond donors (Lipinski definition) is 0. The lowest BCUT2D eigenvalue weighted by atomic mass is 10.1. The van der Waals surface area contributed by atoms with Crippen LogP contribution < -0.4 is 9.64 Å². The number of benzene rings is 2. The number of carbonyl (C=O) groups is 2. The van der Waals surface area contributed by atoms with Gasteiger partial charge in [0, 0.05) is 11.9 Å². The van der Waals surface area contributed by atoms with E-state index in [4.69, 9.17) is 16.3 Å². The third-order valence-corrected chi connectivity index (χ3v) is 3.28.